The summed E-state index contributed by atoms with van der Waals surface area (Å²) >= 11 is 6.07. The molecule has 0 aliphatic carbocycles. The first-order valence-corrected chi connectivity index (χ1v) is 10.8. The number of nitrogens with zero attached hydrogens (tertiary/aromatic N) is 2. The van der Waals surface area contributed by atoms with Crippen LogP contribution >= 0.6 is 11.6 Å². The smallest absolute Gasteiger partial charge is 0.313 e. The molecule has 0 saturated carbocycles. The van der Waals surface area contributed by atoms with Crippen molar-refractivity contribution in [3.8, 4) is 0 Å². The van der Waals surface area contributed by atoms with Gasteiger partial charge in [-0.05, 0) is 61.7 Å². The molecule has 1 atom stereocenters. The highest BCUT2D eigenvalue weighted by atomic mass is 35.5. The molecule has 2 aliphatic heterocycles. The van der Waals surface area contributed by atoms with E-state index in [0.717, 1.165) is 38.9 Å². The van der Waals surface area contributed by atoms with Gasteiger partial charge in [0.25, 0.3) is 0 Å². The lowest BCUT2D eigenvalue weighted by Gasteiger charge is -2.28. The minimum atomic E-state index is -0.709. The molecule has 0 bridgehead atoms. The first kappa shape index (κ1) is 20.7. The Balaban J connectivity index is 1.44. The number of fused-ring (bicyclic) bond motifs is 1. The van der Waals surface area contributed by atoms with E-state index in [0.29, 0.717) is 17.3 Å². The molecule has 0 unspecified atom stereocenters. The number of amides is 2. The average Bonchev–Trinajstić information content (AvgIpc) is 3.40. The molecule has 30 heavy (non-hydrogen) atoms. The van der Waals surface area contributed by atoms with Gasteiger partial charge >= 0.3 is 11.8 Å². The zero-order chi connectivity index (χ0) is 21.1. The number of hydrogen-bond acceptors (Lipinski definition) is 4. The summed E-state index contributed by atoms with van der Waals surface area (Å²) < 4.78 is 0. The molecule has 1 fully saturated rings. The molecule has 0 aromatic heterocycles. The van der Waals surface area contributed by atoms with E-state index in [-0.39, 0.29) is 6.04 Å². The fraction of sp³-hybridized carbons (Fsp3) is 0.391. The Kier molecular flexibility index (Phi) is 6.25. The molecule has 4 rings (SSSR count). The van der Waals surface area contributed by atoms with Gasteiger partial charge in [-0.15, -0.1) is 0 Å². The van der Waals surface area contributed by atoms with Crippen molar-refractivity contribution >= 4 is 34.8 Å². The highest BCUT2D eigenvalue weighted by molar-refractivity contribution is 6.41. The Morgan fingerprint density at radius 2 is 1.83 bits per heavy atom. The first-order chi connectivity index (χ1) is 14.5. The molecule has 6 nitrogen and oxygen atoms in total. The van der Waals surface area contributed by atoms with E-state index in [1.54, 1.807) is 24.3 Å². The molecule has 2 amide bonds. The van der Waals surface area contributed by atoms with Gasteiger partial charge in [-0.2, -0.15) is 0 Å². The van der Waals surface area contributed by atoms with Crippen LogP contribution in [-0.2, 0) is 16.0 Å². The van der Waals surface area contributed by atoms with Gasteiger partial charge in [-0.25, -0.2) is 0 Å². The zero-order valence-corrected chi connectivity index (χ0v) is 17.9. The van der Waals surface area contributed by atoms with E-state index in [1.165, 1.54) is 16.8 Å². The summed E-state index contributed by atoms with van der Waals surface area (Å²) in [5.41, 5.74) is 4.25. The highest BCUT2D eigenvalue weighted by Crippen LogP contribution is 2.32. The second-order valence-corrected chi connectivity index (χ2v) is 8.37. The van der Waals surface area contributed by atoms with Crippen LogP contribution < -0.4 is 15.5 Å². The first-order valence-electron chi connectivity index (χ1n) is 10.4. The number of para-hydroxylation sites is 1. The maximum absolute atomic E-state index is 12.4. The number of carbonyl (C=O) groups is 2. The van der Waals surface area contributed by atoms with Crippen LogP contribution in [0.4, 0.5) is 11.4 Å². The molecule has 7 heteroatoms. The number of hydrogen-bond donors (Lipinski definition) is 2. The largest absolute Gasteiger partial charge is 0.374 e. The van der Waals surface area contributed by atoms with Crippen molar-refractivity contribution in [1.29, 1.82) is 0 Å². The lowest BCUT2D eigenvalue weighted by Crippen LogP contribution is -2.41. The molecule has 158 valence electrons. The molecule has 0 spiro atoms. The number of halogens is 1. The molecule has 0 radical (unpaired) electrons. The summed E-state index contributed by atoms with van der Waals surface area (Å²) in [7, 11) is 2.11. The number of benzene rings is 2. The predicted molar refractivity (Wildman–Crippen MR) is 120 cm³/mol. The summed E-state index contributed by atoms with van der Waals surface area (Å²) in [6.45, 7) is 3.43. The second kappa shape index (κ2) is 9.06. The van der Waals surface area contributed by atoms with Crippen molar-refractivity contribution in [2.45, 2.75) is 25.3 Å². The Morgan fingerprint density at radius 3 is 2.60 bits per heavy atom. The molecular formula is C23H27ClN4O2. The topological polar surface area (TPSA) is 64.7 Å². The lowest BCUT2D eigenvalue weighted by atomic mass is 10.0. The quantitative estimate of drug-likeness (QED) is 0.720. The molecule has 2 N–H and O–H groups in total. The van der Waals surface area contributed by atoms with Crippen molar-refractivity contribution in [3.05, 3.63) is 58.6 Å². The van der Waals surface area contributed by atoms with E-state index < -0.39 is 11.8 Å². The van der Waals surface area contributed by atoms with Gasteiger partial charge in [-0.1, -0.05) is 35.9 Å². The van der Waals surface area contributed by atoms with E-state index in [1.807, 2.05) is 0 Å². The van der Waals surface area contributed by atoms with E-state index in [4.69, 9.17) is 11.6 Å². The van der Waals surface area contributed by atoms with Crippen LogP contribution in [-0.4, -0.2) is 49.9 Å². The van der Waals surface area contributed by atoms with E-state index in [9.17, 15) is 9.59 Å². The molecule has 1 saturated heterocycles. The fourth-order valence-electron chi connectivity index (χ4n) is 4.32. The molecule has 2 aromatic carbocycles. The number of carbonyl (C=O) groups excluding carboxylic acids is 2. The van der Waals surface area contributed by atoms with Crippen molar-refractivity contribution < 1.29 is 9.59 Å². The third-order valence-corrected chi connectivity index (χ3v) is 6.31. The molecular weight excluding hydrogens is 400 g/mol. The van der Waals surface area contributed by atoms with Crippen LogP contribution in [0.1, 0.15) is 30.0 Å². The molecule has 2 aliphatic rings. The van der Waals surface area contributed by atoms with Gasteiger partial charge in [0, 0.05) is 25.8 Å². The van der Waals surface area contributed by atoms with Crippen LogP contribution in [0.5, 0.6) is 0 Å². The van der Waals surface area contributed by atoms with Crippen molar-refractivity contribution in [2.75, 3.05) is 43.4 Å². The lowest BCUT2D eigenvalue weighted by molar-refractivity contribution is -0.136. The van der Waals surface area contributed by atoms with Gasteiger partial charge in [0.2, 0.25) is 0 Å². The summed E-state index contributed by atoms with van der Waals surface area (Å²) in [6.07, 6.45) is 3.36. The van der Waals surface area contributed by atoms with E-state index in [2.05, 4.69) is 45.7 Å². The van der Waals surface area contributed by atoms with Crippen molar-refractivity contribution in [2.24, 2.45) is 0 Å². The van der Waals surface area contributed by atoms with Gasteiger partial charge in [0.15, 0.2) is 0 Å². The Bertz CT molecular complexity index is 943. The Hall–Kier alpha value is -2.57. The maximum atomic E-state index is 12.4. The maximum Gasteiger partial charge on any atom is 0.313 e. The predicted octanol–water partition coefficient (Wildman–Crippen LogP) is 3.22. The Morgan fingerprint density at radius 1 is 1.07 bits per heavy atom. The fourth-order valence-corrected chi connectivity index (χ4v) is 4.50. The Labute approximate surface area is 182 Å². The van der Waals surface area contributed by atoms with Crippen molar-refractivity contribution in [1.82, 2.24) is 10.2 Å². The molecule has 2 aromatic rings. The van der Waals surface area contributed by atoms with Gasteiger partial charge in [-0.3, -0.25) is 14.5 Å². The second-order valence-electron chi connectivity index (χ2n) is 7.96. The summed E-state index contributed by atoms with van der Waals surface area (Å²) in [5.74, 6) is -1.36. The SMILES string of the molecule is CN1CCc2cc([C@H](CNC(=O)C(=O)Nc3ccccc3Cl)N3CCCC3)ccc21. The van der Waals surface area contributed by atoms with Crippen LogP contribution in [0.3, 0.4) is 0 Å². The third kappa shape index (κ3) is 4.45. The number of likely N-dealkylation sites (tertiary alicyclic amines) is 1. The standard InChI is InChI=1S/C23H27ClN4O2/c1-27-13-10-17-14-16(8-9-20(17)27)21(28-11-4-5-12-28)15-25-22(29)23(30)26-19-7-3-2-6-18(19)24/h2-3,6-9,14,21H,4-5,10-13,15H2,1H3,(H,25,29)(H,26,30)/t21-/m0/s1. The van der Waals surface area contributed by atoms with Gasteiger partial charge < -0.3 is 15.5 Å². The van der Waals surface area contributed by atoms with E-state index >= 15 is 0 Å². The van der Waals surface area contributed by atoms with Gasteiger partial charge in [0.1, 0.15) is 0 Å². The highest BCUT2D eigenvalue weighted by Gasteiger charge is 2.27. The summed E-state index contributed by atoms with van der Waals surface area (Å²) in [5, 5.41) is 5.81. The third-order valence-electron chi connectivity index (χ3n) is 5.98. The average molecular weight is 427 g/mol. The number of nitrogens with one attached hydrogen (secondary N) is 2. The monoisotopic (exact) mass is 426 g/mol. The summed E-state index contributed by atoms with van der Waals surface area (Å²) in [4.78, 5) is 29.4. The van der Waals surface area contributed by atoms with Crippen molar-refractivity contribution in [3.63, 3.8) is 0 Å². The zero-order valence-electron chi connectivity index (χ0n) is 17.2. The minimum absolute atomic E-state index is 0.0563. The normalized spacial score (nSPS) is 16.9. The van der Waals surface area contributed by atoms with Crippen LogP contribution in [0.2, 0.25) is 5.02 Å². The minimum Gasteiger partial charge on any atom is -0.374 e. The number of likely N-dealkylation sites (N-methyl/N-ethyl adjacent to an activating group) is 1. The number of rotatable bonds is 5. The van der Waals surface area contributed by atoms with Gasteiger partial charge in [0.05, 0.1) is 16.8 Å². The van der Waals surface area contributed by atoms with Crippen LogP contribution in [0.25, 0.3) is 0 Å². The number of anilines is 2. The van der Waals surface area contributed by atoms with Crippen LogP contribution in [0, 0.1) is 0 Å². The van der Waals surface area contributed by atoms with Crippen LogP contribution in [0.15, 0.2) is 42.5 Å². The molecule has 2 heterocycles. The summed E-state index contributed by atoms with van der Waals surface area (Å²) in [6, 6.07) is 13.5.